The van der Waals surface area contributed by atoms with Gasteiger partial charge in [-0.1, -0.05) is 0 Å². The van der Waals surface area contributed by atoms with Crippen LogP contribution >= 0.6 is 27.3 Å². The van der Waals surface area contributed by atoms with E-state index < -0.39 is 29.0 Å². The van der Waals surface area contributed by atoms with Crippen molar-refractivity contribution in [3.63, 3.8) is 0 Å². The van der Waals surface area contributed by atoms with Gasteiger partial charge in [-0.3, -0.25) is 4.79 Å². The second-order valence-electron chi connectivity index (χ2n) is 3.54. The fourth-order valence-corrected chi connectivity index (χ4v) is 3.00. The third kappa shape index (κ3) is 2.57. The van der Waals surface area contributed by atoms with Gasteiger partial charge in [0.1, 0.15) is 0 Å². The molecule has 1 N–H and O–H groups in total. The Morgan fingerprint density at radius 1 is 1.16 bits per heavy atom. The van der Waals surface area contributed by atoms with Crippen LogP contribution in [0.3, 0.4) is 0 Å². The number of carboxylic acids is 1. The van der Waals surface area contributed by atoms with Crippen molar-refractivity contribution >= 4 is 39.0 Å². The summed E-state index contributed by atoms with van der Waals surface area (Å²) in [6, 6.07) is 2.72. The zero-order valence-electron chi connectivity index (χ0n) is 9.12. The first-order valence-electron chi connectivity index (χ1n) is 4.92. The molecule has 0 atom stereocenters. The summed E-state index contributed by atoms with van der Waals surface area (Å²) in [6.07, 6.45) is 0. The van der Waals surface area contributed by atoms with Gasteiger partial charge in [-0.2, -0.15) is 0 Å². The summed E-state index contributed by atoms with van der Waals surface area (Å²) in [5.41, 5.74) is -0.946. The molecule has 0 radical (unpaired) electrons. The highest BCUT2D eigenvalue weighted by molar-refractivity contribution is 9.10. The summed E-state index contributed by atoms with van der Waals surface area (Å²) < 4.78 is 26.7. The number of halogens is 3. The standard InChI is InChI=1S/C12H5BrF2O3S/c13-7-1-2-19-11(7)10(16)5-3-8(14)9(15)4-6(5)12(17)18/h1-4H,(H,17,18). The zero-order valence-corrected chi connectivity index (χ0v) is 11.5. The van der Waals surface area contributed by atoms with Crippen LogP contribution < -0.4 is 0 Å². The third-order valence-electron chi connectivity index (χ3n) is 2.36. The van der Waals surface area contributed by atoms with Gasteiger partial charge in [0.15, 0.2) is 11.6 Å². The molecule has 0 fully saturated rings. The Kier molecular flexibility index (Phi) is 3.77. The van der Waals surface area contributed by atoms with Crippen LogP contribution in [0.25, 0.3) is 0 Å². The van der Waals surface area contributed by atoms with Gasteiger partial charge in [0.2, 0.25) is 5.78 Å². The Hall–Kier alpha value is -1.60. The first kappa shape index (κ1) is 13.8. The van der Waals surface area contributed by atoms with Gasteiger partial charge in [-0.05, 0) is 39.5 Å². The fourth-order valence-electron chi connectivity index (χ4n) is 1.49. The second-order valence-corrected chi connectivity index (χ2v) is 5.31. The molecule has 2 aromatic rings. The van der Waals surface area contributed by atoms with Crippen LogP contribution in [0.15, 0.2) is 28.1 Å². The van der Waals surface area contributed by atoms with E-state index in [1.54, 1.807) is 11.4 Å². The van der Waals surface area contributed by atoms with Crippen molar-refractivity contribution in [1.82, 2.24) is 0 Å². The number of benzene rings is 1. The minimum absolute atomic E-state index is 0.230. The maximum absolute atomic E-state index is 13.2. The maximum Gasteiger partial charge on any atom is 0.336 e. The molecule has 7 heteroatoms. The molecule has 0 spiro atoms. The molecule has 1 aromatic carbocycles. The summed E-state index contributed by atoms with van der Waals surface area (Å²) in [5.74, 6) is -4.73. The highest BCUT2D eigenvalue weighted by atomic mass is 79.9. The van der Waals surface area contributed by atoms with Gasteiger partial charge in [-0.15, -0.1) is 11.3 Å². The molecule has 0 saturated heterocycles. The molecule has 0 aliphatic heterocycles. The number of ketones is 1. The zero-order chi connectivity index (χ0) is 14.2. The topological polar surface area (TPSA) is 54.4 Å². The summed E-state index contributed by atoms with van der Waals surface area (Å²) in [4.78, 5) is 23.4. The highest BCUT2D eigenvalue weighted by Crippen LogP contribution is 2.27. The summed E-state index contributed by atoms with van der Waals surface area (Å²) in [7, 11) is 0. The van der Waals surface area contributed by atoms with Crippen LogP contribution in [0, 0.1) is 11.6 Å². The van der Waals surface area contributed by atoms with Gasteiger partial charge in [-0.25, -0.2) is 13.6 Å². The largest absolute Gasteiger partial charge is 0.478 e. The molecule has 0 amide bonds. The molecular weight excluding hydrogens is 342 g/mol. The van der Waals surface area contributed by atoms with E-state index in [1.165, 1.54) is 0 Å². The highest BCUT2D eigenvalue weighted by Gasteiger charge is 2.23. The van der Waals surface area contributed by atoms with Crippen molar-refractivity contribution in [2.75, 3.05) is 0 Å². The van der Waals surface area contributed by atoms with Crippen LogP contribution in [-0.4, -0.2) is 16.9 Å². The van der Waals surface area contributed by atoms with E-state index in [-0.39, 0.29) is 10.4 Å². The molecule has 0 aliphatic carbocycles. The molecule has 1 aromatic heterocycles. The lowest BCUT2D eigenvalue weighted by Crippen LogP contribution is -2.11. The number of carboxylic acid groups (broad SMARTS) is 1. The number of carbonyl (C=O) groups is 2. The number of thiophene rings is 1. The molecule has 98 valence electrons. The Balaban J connectivity index is 2.62. The molecule has 3 nitrogen and oxygen atoms in total. The average molecular weight is 347 g/mol. The van der Waals surface area contributed by atoms with E-state index in [0.717, 1.165) is 11.3 Å². The summed E-state index contributed by atoms with van der Waals surface area (Å²) >= 11 is 4.21. The number of carbonyl (C=O) groups excluding carboxylic acids is 1. The number of hydrogen-bond donors (Lipinski definition) is 1. The first-order valence-corrected chi connectivity index (χ1v) is 6.59. The molecule has 0 saturated carbocycles. The molecule has 1 heterocycles. The van der Waals surface area contributed by atoms with Gasteiger partial charge >= 0.3 is 5.97 Å². The minimum Gasteiger partial charge on any atom is -0.478 e. The lowest BCUT2D eigenvalue weighted by atomic mass is 10.0. The van der Waals surface area contributed by atoms with Gasteiger partial charge < -0.3 is 5.11 Å². The lowest BCUT2D eigenvalue weighted by Gasteiger charge is -2.05. The Labute approximate surface area is 118 Å². The van der Waals surface area contributed by atoms with Gasteiger partial charge in [0.05, 0.1) is 10.4 Å². The lowest BCUT2D eigenvalue weighted by molar-refractivity contribution is 0.0692. The quantitative estimate of drug-likeness (QED) is 0.861. The molecule has 0 aliphatic rings. The Bertz CT molecular complexity index is 682. The molecule has 19 heavy (non-hydrogen) atoms. The van der Waals surface area contributed by atoms with Crippen LogP contribution in [0.5, 0.6) is 0 Å². The van der Waals surface area contributed by atoms with E-state index in [0.29, 0.717) is 16.6 Å². The van der Waals surface area contributed by atoms with Crippen molar-refractivity contribution in [1.29, 1.82) is 0 Å². The normalized spacial score (nSPS) is 10.5. The first-order chi connectivity index (χ1) is 8.91. The Morgan fingerprint density at radius 3 is 2.21 bits per heavy atom. The van der Waals surface area contributed by atoms with Crippen molar-refractivity contribution in [3.8, 4) is 0 Å². The predicted octanol–water partition coefficient (Wildman–Crippen LogP) is 3.72. The van der Waals surface area contributed by atoms with Gasteiger partial charge in [0, 0.05) is 10.0 Å². The number of rotatable bonds is 3. The third-order valence-corrected chi connectivity index (χ3v) is 4.20. The monoisotopic (exact) mass is 346 g/mol. The maximum atomic E-state index is 13.2. The molecule has 0 bridgehead atoms. The van der Waals surface area contributed by atoms with E-state index in [9.17, 15) is 18.4 Å². The molecule has 2 rings (SSSR count). The van der Waals surface area contributed by atoms with Crippen LogP contribution in [0.2, 0.25) is 0 Å². The second kappa shape index (κ2) is 5.18. The van der Waals surface area contributed by atoms with Crippen LogP contribution in [-0.2, 0) is 0 Å². The number of hydrogen-bond acceptors (Lipinski definition) is 3. The van der Waals surface area contributed by atoms with Crippen molar-refractivity contribution in [2.24, 2.45) is 0 Å². The Morgan fingerprint density at radius 2 is 1.74 bits per heavy atom. The average Bonchev–Trinajstić information content (AvgIpc) is 2.77. The summed E-state index contributed by atoms with van der Waals surface area (Å²) in [5, 5.41) is 10.6. The smallest absolute Gasteiger partial charge is 0.336 e. The van der Waals surface area contributed by atoms with Crippen LogP contribution in [0.4, 0.5) is 8.78 Å². The molecule has 0 unspecified atom stereocenters. The molecular formula is C12H5BrF2O3S. The van der Waals surface area contributed by atoms with E-state index in [1.807, 2.05) is 0 Å². The van der Waals surface area contributed by atoms with Crippen molar-refractivity contribution < 1.29 is 23.5 Å². The van der Waals surface area contributed by atoms with E-state index >= 15 is 0 Å². The SMILES string of the molecule is O=C(O)c1cc(F)c(F)cc1C(=O)c1sccc1Br. The minimum atomic E-state index is -1.49. The van der Waals surface area contributed by atoms with Crippen LogP contribution in [0.1, 0.15) is 25.6 Å². The summed E-state index contributed by atoms with van der Waals surface area (Å²) in [6.45, 7) is 0. The van der Waals surface area contributed by atoms with Crippen molar-refractivity contribution in [3.05, 3.63) is 55.7 Å². The predicted molar refractivity (Wildman–Crippen MR) is 68.8 cm³/mol. The van der Waals surface area contributed by atoms with Gasteiger partial charge in [0.25, 0.3) is 0 Å². The fraction of sp³-hybridized carbons (Fsp3) is 0. The number of aromatic carboxylic acids is 1. The van der Waals surface area contributed by atoms with E-state index in [4.69, 9.17) is 5.11 Å². The van der Waals surface area contributed by atoms with Crippen molar-refractivity contribution in [2.45, 2.75) is 0 Å². The van der Waals surface area contributed by atoms with E-state index in [2.05, 4.69) is 15.9 Å².